The molecule has 0 radical (unpaired) electrons. The monoisotopic (exact) mass is 313 g/mol. The molecule has 0 aliphatic heterocycles. The zero-order valence-electron chi connectivity index (χ0n) is 12.3. The first-order valence-electron chi connectivity index (χ1n) is 7.07. The first kappa shape index (κ1) is 14.8. The van der Waals surface area contributed by atoms with Gasteiger partial charge >= 0.3 is 0 Å². The summed E-state index contributed by atoms with van der Waals surface area (Å²) in [7, 11) is 0. The fourth-order valence-corrected chi connectivity index (χ4v) is 2.05. The van der Waals surface area contributed by atoms with Gasteiger partial charge in [0.25, 0.3) is 5.56 Å². The van der Waals surface area contributed by atoms with Gasteiger partial charge in [-0.15, -0.1) is 0 Å². The topological polar surface area (TPSA) is 95.0 Å². The van der Waals surface area contributed by atoms with Crippen molar-refractivity contribution in [1.82, 2.24) is 24.6 Å². The predicted octanol–water partition coefficient (Wildman–Crippen LogP) is 0.516. The highest BCUT2D eigenvalue weighted by molar-refractivity contribution is 5.75. The van der Waals surface area contributed by atoms with Gasteiger partial charge in [-0.05, 0) is 18.2 Å². The van der Waals surface area contributed by atoms with Crippen LogP contribution < -0.4 is 10.9 Å². The Morgan fingerprint density at radius 3 is 2.96 bits per heavy atom. The van der Waals surface area contributed by atoms with Crippen LogP contribution in [-0.2, 0) is 17.9 Å². The first-order chi connectivity index (χ1) is 11.2. The number of rotatable bonds is 6. The van der Waals surface area contributed by atoms with Gasteiger partial charge in [-0.3, -0.25) is 9.59 Å². The maximum Gasteiger partial charge on any atom is 0.267 e. The Bertz CT molecular complexity index is 821. The normalized spacial score (nSPS) is 10.6. The second kappa shape index (κ2) is 6.73. The Morgan fingerprint density at radius 1 is 1.30 bits per heavy atom. The number of carbonyl (C=O) groups is 1. The van der Waals surface area contributed by atoms with Crippen LogP contribution in [0.2, 0.25) is 0 Å². The highest BCUT2D eigenvalue weighted by Gasteiger charge is 2.09. The van der Waals surface area contributed by atoms with E-state index in [4.69, 9.17) is 4.42 Å². The van der Waals surface area contributed by atoms with E-state index in [0.29, 0.717) is 24.5 Å². The lowest BCUT2D eigenvalue weighted by Crippen LogP contribution is -2.34. The van der Waals surface area contributed by atoms with Gasteiger partial charge in [0.1, 0.15) is 12.2 Å². The second-order valence-electron chi connectivity index (χ2n) is 4.84. The molecule has 8 nitrogen and oxygen atoms in total. The zero-order chi connectivity index (χ0) is 16.1. The molecule has 8 heteroatoms. The smallest absolute Gasteiger partial charge is 0.267 e. The lowest BCUT2D eigenvalue weighted by atomic mass is 10.3. The number of hydrogen-bond donors (Lipinski definition) is 1. The quantitative estimate of drug-likeness (QED) is 0.715. The fourth-order valence-electron chi connectivity index (χ4n) is 2.05. The van der Waals surface area contributed by atoms with Crippen molar-refractivity contribution in [2.75, 3.05) is 6.54 Å². The highest BCUT2D eigenvalue weighted by Crippen LogP contribution is 2.14. The van der Waals surface area contributed by atoms with Gasteiger partial charge in [-0.2, -0.15) is 5.10 Å². The molecule has 0 spiro atoms. The number of aromatic nitrogens is 4. The average molecular weight is 313 g/mol. The summed E-state index contributed by atoms with van der Waals surface area (Å²) < 4.78 is 8.20. The predicted molar refractivity (Wildman–Crippen MR) is 81.4 cm³/mol. The maximum atomic E-state index is 11.9. The molecule has 1 amide bonds. The maximum absolute atomic E-state index is 11.9. The third-order valence-corrected chi connectivity index (χ3v) is 3.18. The molecule has 0 aliphatic rings. The van der Waals surface area contributed by atoms with Crippen molar-refractivity contribution in [1.29, 1.82) is 0 Å². The number of imidazole rings is 1. The van der Waals surface area contributed by atoms with Crippen molar-refractivity contribution < 1.29 is 9.21 Å². The van der Waals surface area contributed by atoms with Crippen LogP contribution in [0.15, 0.2) is 58.5 Å². The minimum absolute atomic E-state index is 0.142. The van der Waals surface area contributed by atoms with Crippen molar-refractivity contribution in [3.8, 4) is 11.5 Å². The first-order valence-corrected chi connectivity index (χ1v) is 7.07. The van der Waals surface area contributed by atoms with Gasteiger partial charge in [0.15, 0.2) is 5.76 Å². The number of amides is 1. The largest absolute Gasteiger partial charge is 0.463 e. The third-order valence-electron chi connectivity index (χ3n) is 3.18. The van der Waals surface area contributed by atoms with E-state index in [2.05, 4.69) is 15.4 Å². The molecule has 0 atom stereocenters. The molecule has 0 fully saturated rings. The summed E-state index contributed by atoms with van der Waals surface area (Å²) in [5.41, 5.74) is 0.158. The molecule has 118 valence electrons. The lowest BCUT2D eigenvalue weighted by Gasteiger charge is -2.07. The van der Waals surface area contributed by atoms with E-state index in [0.717, 1.165) is 4.68 Å². The fraction of sp³-hybridized carbons (Fsp3) is 0.200. The van der Waals surface area contributed by atoms with Crippen molar-refractivity contribution in [3.63, 3.8) is 0 Å². The molecule has 3 aromatic rings. The zero-order valence-corrected chi connectivity index (χ0v) is 12.3. The minimum Gasteiger partial charge on any atom is -0.463 e. The van der Waals surface area contributed by atoms with E-state index in [1.54, 1.807) is 30.7 Å². The molecule has 0 bridgehead atoms. The van der Waals surface area contributed by atoms with Crippen LogP contribution in [0.4, 0.5) is 0 Å². The van der Waals surface area contributed by atoms with E-state index in [9.17, 15) is 9.59 Å². The lowest BCUT2D eigenvalue weighted by molar-refractivity contribution is -0.121. The van der Waals surface area contributed by atoms with Crippen molar-refractivity contribution >= 4 is 5.91 Å². The molecule has 3 aromatic heterocycles. The van der Waals surface area contributed by atoms with E-state index in [1.807, 2.05) is 10.8 Å². The Hall–Kier alpha value is -3.16. The van der Waals surface area contributed by atoms with Crippen LogP contribution in [0.1, 0.15) is 0 Å². The molecule has 3 rings (SSSR count). The average Bonchev–Trinajstić information content (AvgIpc) is 3.22. The minimum atomic E-state index is -0.343. The summed E-state index contributed by atoms with van der Waals surface area (Å²) in [5.74, 6) is 0.260. The van der Waals surface area contributed by atoms with E-state index < -0.39 is 0 Å². The van der Waals surface area contributed by atoms with Crippen molar-refractivity contribution in [3.05, 3.63) is 59.6 Å². The second-order valence-corrected chi connectivity index (χ2v) is 4.84. The standard InChI is InChI=1S/C15H15N5O3/c21-14(17-6-8-19-7-5-16-11-19)10-20-15(22)4-3-12(18-20)13-2-1-9-23-13/h1-5,7,9,11H,6,8,10H2,(H,17,21). The molecule has 0 aromatic carbocycles. The van der Waals surface area contributed by atoms with Gasteiger partial charge in [0.2, 0.25) is 5.91 Å². The summed E-state index contributed by atoms with van der Waals surface area (Å²) in [6.45, 7) is 0.916. The Morgan fingerprint density at radius 2 is 2.22 bits per heavy atom. The number of hydrogen-bond acceptors (Lipinski definition) is 5. The molecule has 23 heavy (non-hydrogen) atoms. The van der Waals surface area contributed by atoms with Crippen molar-refractivity contribution in [2.24, 2.45) is 0 Å². The van der Waals surface area contributed by atoms with E-state index in [-0.39, 0.29) is 18.0 Å². The molecular weight excluding hydrogens is 298 g/mol. The van der Waals surface area contributed by atoms with Crippen LogP contribution in [0.25, 0.3) is 11.5 Å². The summed E-state index contributed by atoms with van der Waals surface area (Å²) in [6.07, 6.45) is 6.68. The SMILES string of the molecule is O=C(Cn1nc(-c2ccco2)ccc1=O)NCCn1ccnc1. The van der Waals surface area contributed by atoms with Gasteiger partial charge < -0.3 is 14.3 Å². The molecule has 0 saturated carbocycles. The van der Waals surface area contributed by atoms with Gasteiger partial charge in [-0.25, -0.2) is 9.67 Å². The summed E-state index contributed by atoms with van der Waals surface area (Å²) in [4.78, 5) is 27.7. The Labute approximate surface area is 131 Å². The Kier molecular flexibility index (Phi) is 4.32. The van der Waals surface area contributed by atoms with Gasteiger partial charge in [0, 0.05) is 31.5 Å². The van der Waals surface area contributed by atoms with Crippen LogP contribution >= 0.6 is 0 Å². The molecule has 0 saturated heterocycles. The summed E-state index contributed by atoms with van der Waals surface area (Å²) in [6, 6.07) is 6.40. The number of furan rings is 1. The highest BCUT2D eigenvalue weighted by atomic mass is 16.3. The van der Waals surface area contributed by atoms with E-state index in [1.165, 1.54) is 12.3 Å². The number of nitrogens with zero attached hydrogens (tertiary/aromatic N) is 4. The number of nitrogens with one attached hydrogen (secondary N) is 1. The van der Waals surface area contributed by atoms with Crippen LogP contribution in [0.3, 0.4) is 0 Å². The molecule has 3 heterocycles. The molecule has 0 unspecified atom stereocenters. The number of carbonyl (C=O) groups excluding carboxylic acids is 1. The van der Waals surface area contributed by atoms with Gasteiger partial charge in [-0.1, -0.05) is 0 Å². The summed E-state index contributed by atoms with van der Waals surface area (Å²) >= 11 is 0. The Balaban J connectivity index is 1.61. The summed E-state index contributed by atoms with van der Waals surface area (Å²) in [5, 5.41) is 6.89. The van der Waals surface area contributed by atoms with Gasteiger partial charge in [0.05, 0.1) is 12.6 Å². The molecule has 1 N–H and O–H groups in total. The van der Waals surface area contributed by atoms with Crippen LogP contribution in [0.5, 0.6) is 0 Å². The van der Waals surface area contributed by atoms with E-state index >= 15 is 0 Å². The van der Waals surface area contributed by atoms with Crippen LogP contribution in [0, 0.1) is 0 Å². The molecule has 0 aliphatic carbocycles. The third kappa shape index (κ3) is 3.73. The van der Waals surface area contributed by atoms with Crippen molar-refractivity contribution in [2.45, 2.75) is 13.1 Å². The molecular formula is C15H15N5O3. The van der Waals surface area contributed by atoms with Crippen LogP contribution in [-0.4, -0.2) is 31.8 Å².